The van der Waals surface area contributed by atoms with Gasteiger partial charge in [-0.25, -0.2) is 14.8 Å². The van der Waals surface area contributed by atoms with Crippen molar-refractivity contribution in [3.63, 3.8) is 0 Å². The molecule has 0 amide bonds. The number of fused-ring (bicyclic) bond motifs is 1. The molecule has 0 aliphatic carbocycles. The monoisotopic (exact) mass is 283 g/mol. The van der Waals surface area contributed by atoms with Gasteiger partial charge >= 0.3 is 5.97 Å². The smallest absolute Gasteiger partial charge is 0.356 e. The molecule has 3 rings (SSSR count). The number of methoxy groups -OCH3 is 1. The van der Waals surface area contributed by atoms with Crippen molar-refractivity contribution in [2.75, 3.05) is 12.4 Å². The molecule has 0 bridgehead atoms. The van der Waals surface area contributed by atoms with Crippen molar-refractivity contribution in [2.24, 2.45) is 0 Å². The Balaban J connectivity index is 1.91. The highest BCUT2D eigenvalue weighted by Gasteiger charge is 2.09. The van der Waals surface area contributed by atoms with Gasteiger partial charge < -0.3 is 10.1 Å². The van der Waals surface area contributed by atoms with Crippen molar-refractivity contribution in [1.29, 1.82) is 0 Å². The third-order valence-corrected chi connectivity index (χ3v) is 3.08. The fourth-order valence-electron chi connectivity index (χ4n) is 2.01. The molecule has 0 radical (unpaired) electrons. The standard InChI is InChI=1S/C14H13N5O2/c1-8-10-5-9(3-4-11(10)19-18-8)17-13-6-12(14(20)21-2)15-7-16-13/h3-7H,1-2H3,(H,18,19)(H,15,16,17). The van der Waals surface area contributed by atoms with E-state index < -0.39 is 5.97 Å². The molecule has 0 atom stereocenters. The molecule has 0 unspecified atom stereocenters. The van der Waals surface area contributed by atoms with Gasteiger partial charge in [-0.1, -0.05) is 0 Å². The SMILES string of the molecule is COC(=O)c1cc(Nc2ccc3n[nH]c(C)c3c2)ncn1. The molecule has 0 aliphatic heterocycles. The number of hydrogen-bond donors (Lipinski definition) is 2. The summed E-state index contributed by atoms with van der Waals surface area (Å²) < 4.78 is 4.64. The first-order chi connectivity index (χ1) is 10.2. The van der Waals surface area contributed by atoms with Crippen molar-refractivity contribution in [1.82, 2.24) is 20.2 Å². The second-order valence-corrected chi connectivity index (χ2v) is 4.49. The van der Waals surface area contributed by atoms with Crippen LogP contribution < -0.4 is 5.32 Å². The molecule has 0 saturated carbocycles. The van der Waals surface area contributed by atoms with Gasteiger partial charge in [-0.3, -0.25) is 5.10 Å². The van der Waals surface area contributed by atoms with Crippen LogP contribution >= 0.6 is 0 Å². The van der Waals surface area contributed by atoms with E-state index in [0.29, 0.717) is 5.82 Å². The summed E-state index contributed by atoms with van der Waals surface area (Å²) in [6, 6.07) is 7.30. The van der Waals surface area contributed by atoms with Crippen LogP contribution in [0.1, 0.15) is 16.2 Å². The highest BCUT2D eigenvalue weighted by Crippen LogP contribution is 2.22. The van der Waals surface area contributed by atoms with Crippen molar-refractivity contribution in [3.8, 4) is 0 Å². The molecule has 2 aromatic heterocycles. The van der Waals surface area contributed by atoms with Crippen LogP contribution in [0, 0.1) is 6.92 Å². The summed E-state index contributed by atoms with van der Waals surface area (Å²) in [4.78, 5) is 19.4. The molecule has 3 aromatic rings. The third kappa shape index (κ3) is 2.53. The van der Waals surface area contributed by atoms with E-state index in [9.17, 15) is 4.79 Å². The summed E-state index contributed by atoms with van der Waals surface area (Å²) >= 11 is 0. The molecular weight excluding hydrogens is 270 g/mol. The number of rotatable bonds is 3. The minimum Gasteiger partial charge on any atom is -0.464 e. The van der Waals surface area contributed by atoms with Crippen LogP contribution in [-0.2, 0) is 4.74 Å². The average molecular weight is 283 g/mol. The van der Waals surface area contributed by atoms with E-state index in [2.05, 4.69) is 30.2 Å². The highest BCUT2D eigenvalue weighted by atomic mass is 16.5. The Bertz CT molecular complexity index is 812. The highest BCUT2D eigenvalue weighted by molar-refractivity contribution is 5.88. The maximum absolute atomic E-state index is 11.5. The Kier molecular flexibility index (Phi) is 3.23. The number of ether oxygens (including phenoxy) is 1. The fraction of sp³-hybridized carbons (Fsp3) is 0.143. The van der Waals surface area contributed by atoms with Crippen LogP contribution in [0.25, 0.3) is 10.9 Å². The van der Waals surface area contributed by atoms with E-state index in [0.717, 1.165) is 22.3 Å². The van der Waals surface area contributed by atoms with Gasteiger partial charge in [0.15, 0.2) is 5.69 Å². The van der Waals surface area contributed by atoms with Crippen molar-refractivity contribution in [2.45, 2.75) is 6.92 Å². The molecule has 106 valence electrons. The van der Waals surface area contributed by atoms with E-state index in [1.165, 1.54) is 19.5 Å². The Labute approximate surface area is 120 Å². The predicted molar refractivity (Wildman–Crippen MR) is 77.5 cm³/mol. The average Bonchev–Trinajstić information content (AvgIpc) is 2.88. The Morgan fingerprint density at radius 2 is 2.14 bits per heavy atom. The number of nitrogens with one attached hydrogen (secondary N) is 2. The Morgan fingerprint density at radius 1 is 1.29 bits per heavy atom. The number of aryl methyl sites for hydroxylation is 1. The number of anilines is 2. The second-order valence-electron chi connectivity index (χ2n) is 4.49. The van der Waals surface area contributed by atoms with Gasteiger partial charge in [0.2, 0.25) is 0 Å². The topological polar surface area (TPSA) is 92.8 Å². The lowest BCUT2D eigenvalue weighted by Crippen LogP contribution is -2.05. The number of nitrogens with zero attached hydrogens (tertiary/aromatic N) is 3. The van der Waals surface area contributed by atoms with Gasteiger partial charge in [0, 0.05) is 22.8 Å². The van der Waals surface area contributed by atoms with E-state index >= 15 is 0 Å². The van der Waals surface area contributed by atoms with Crippen LogP contribution in [0.2, 0.25) is 0 Å². The minimum atomic E-state index is -0.499. The molecule has 1 aromatic carbocycles. The van der Waals surface area contributed by atoms with E-state index in [1.807, 2.05) is 25.1 Å². The summed E-state index contributed by atoms with van der Waals surface area (Å²) in [6.45, 7) is 1.96. The Morgan fingerprint density at radius 3 is 2.95 bits per heavy atom. The zero-order chi connectivity index (χ0) is 14.8. The van der Waals surface area contributed by atoms with Crippen LogP contribution in [-0.4, -0.2) is 33.2 Å². The van der Waals surface area contributed by atoms with Gasteiger partial charge in [-0.15, -0.1) is 0 Å². The van der Waals surface area contributed by atoms with Crippen LogP contribution in [0.3, 0.4) is 0 Å². The molecule has 7 heteroatoms. The number of esters is 1. The zero-order valence-electron chi connectivity index (χ0n) is 11.5. The first-order valence-electron chi connectivity index (χ1n) is 6.29. The number of carbonyl (C=O) groups excluding carboxylic acids is 1. The molecule has 0 saturated heterocycles. The van der Waals surface area contributed by atoms with Gasteiger partial charge in [-0.05, 0) is 25.1 Å². The molecule has 21 heavy (non-hydrogen) atoms. The molecule has 7 nitrogen and oxygen atoms in total. The third-order valence-electron chi connectivity index (χ3n) is 3.08. The molecule has 2 heterocycles. The van der Waals surface area contributed by atoms with Gasteiger partial charge in [0.05, 0.1) is 12.6 Å². The van der Waals surface area contributed by atoms with Crippen LogP contribution in [0.5, 0.6) is 0 Å². The number of aromatic nitrogens is 4. The largest absolute Gasteiger partial charge is 0.464 e. The van der Waals surface area contributed by atoms with E-state index in [-0.39, 0.29) is 5.69 Å². The lowest BCUT2D eigenvalue weighted by Gasteiger charge is -2.06. The number of hydrogen-bond acceptors (Lipinski definition) is 6. The molecule has 2 N–H and O–H groups in total. The summed E-state index contributed by atoms with van der Waals surface area (Å²) in [7, 11) is 1.31. The molecular formula is C14H13N5O2. The molecule has 0 aliphatic rings. The van der Waals surface area contributed by atoms with Crippen molar-refractivity contribution >= 4 is 28.4 Å². The van der Waals surface area contributed by atoms with Crippen LogP contribution in [0.4, 0.5) is 11.5 Å². The number of H-pyrrole nitrogens is 1. The summed E-state index contributed by atoms with van der Waals surface area (Å²) in [6.07, 6.45) is 1.32. The molecule has 0 spiro atoms. The van der Waals surface area contributed by atoms with Gasteiger partial charge in [0.1, 0.15) is 12.1 Å². The summed E-state index contributed by atoms with van der Waals surface area (Å²) in [5.41, 5.74) is 2.94. The van der Waals surface area contributed by atoms with Gasteiger partial charge in [0.25, 0.3) is 0 Å². The number of aromatic amines is 1. The van der Waals surface area contributed by atoms with E-state index in [4.69, 9.17) is 0 Å². The van der Waals surface area contributed by atoms with Crippen LogP contribution in [0.15, 0.2) is 30.6 Å². The lowest BCUT2D eigenvalue weighted by atomic mass is 10.2. The first-order valence-corrected chi connectivity index (χ1v) is 6.29. The molecule has 0 fully saturated rings. The second kappa shape index (κ2) is 5.20. The quantitative estimate of drug-likeness (QED) is 0.716. The van der Waals surface area contributed by atoms with E-state index in [1.54, 1.807) is 0 Å². The normalized spacial score (nSPS) is 10.6. The fourth-order valence-corrected chi connectivity index (χ4v) is 2.01. The van der Waals surface area contributed by atoms with Crippen molar-refractivity contribution < 1.29 is 9.53 Å². The predicted octanol–water partition coefficient (Wildman–Crippen LogP) is 2.19. The van der Waals surface area contributed by atoms with Crippen molar-refractivity contribution in [3.05, 3.63) is 42.0 Å². The number of carbonyl (C=O) groups is 1. The first kappa shape index (κ1) is 13.0. The zero-order valence-corrected chi connectivity index (χ0v) is 11.5. The lowest BCUT2D eigenvalue weighted by molar-refractivity contribution is 0.0594. The minimum absolute atomic E-state index is 0.204. The maximum atomic E-state index is 11.5. The maximum Gasteiger partial charge on any atom is 0.356 e. The summed E-state index contributed by atoms with van der Waals surface area (Å²) in [5.74, 6) is 0.0208. The number of benzene rings is 1. The Hall–Kier alpha value is -2.96. The van der Waals surface area contributed by atoms with Gasteiger partial charge in [-0.2, -0.15) is 5.10 Å². The summed E-state index contributed by atoms with van der Waals surface area (Å²) in [5, 5.41) is 11.3.